The summed E-state index contributed by atoms with van der Waals surface area (Å²) in [6, 6.07) is 11.4. The first-order chi connectivity index (χ1) is 16.7. The lowest BCUT2D eigenvalue weighted by atomic mass is 9.81. The molecule has 35 heavy (non-hydrogen) atoms. The maximum Gasteiger partial charge on any atom is 0.320 e. The van der Waals surface area contributed by atoms with E-state index >= 15 is 0 Å². The molecule has 2 aliphatic heterocycles. The van der Waals surface area contributed by atoms with Gasteiger partial charge in [-0.1, -0.05) is 23.7 Å². The van der Waals surface area contributed by atoms with Gasteiger partial charge in [-0.3, -0.25) is 0 Å². The Bertz CT molecular complexity index is 1110. The molecular formula is C24H31ClN4O5S. The quantitative estimate of drug-likeness (QED) is 0.579. The Morgan fingerprint density at radius 1 is 1.06 bits per heavy atom. The highest BCUT2D eigenvalue weighted by Crippen LogP contribution is 2.34. The molecule has 2 atom stereocenters. The number of urea groups is 1. The molecule has 2 aliphatic rings. The van der Waals surface area contributed by atoms with Crippen LogP contribution in [0.2, 0.25) is 5.02 Å². The molecule has 1 aromatic heterocycles. The van der Waals surface area contributed by atoms with Gasteiger partial charge in [-0.15, -0.1) is 0 Å². The Kier molecular flexibility index (Phi) is 8.03. The molecule has 2 amide bonds. The fourth-order valence-electron chi connectivity index (χ4n) is 4.65. The van der Waals surface area contributed by atoms with Gasteiger partial charge in [0, 0.05) is 63.4 Å². The number of carbonyl (C=O) groups is 1. The minimum Gasteiger partial charge on any atom is -0.497 e. The average Bonchev–Trinajstić information content (AvgIpc) is 2.87. The molecule has 0 saturated carbocycles. The Morgan fingerprint density at radius 2 is 1.77 bits per heavy atom. The summed E-state index contributed by atoms with van der Waals surface area (Å²) in [7, 11) is -1.61. The number of sulfonamides is 1. The van der Waals surface area contributed by atoms with Crippen molar-refractivity contribution >= 4 is 27.7 Å². The normalized spacial score (nSPS) is 21.6. The maximum atomic E-state index is 13.3. The van der Waals surface area contributed by atoms with Crippen LogP contribution in [0.1, 0.15) is 17.9 Å². The molecule has 9 nitrogen and oxygen atoms in total. The van der Waals surface area contributed by atoms with E-state index in [4.69, 9.17) is 21.1 Å². The van der Waals surface area contributed by atoms with E-state index in [2.05, 4.69) is 4.98 Å². The summed E-state index contributed by atoms with van der Waals surface area (Å²) in [4.78, 5) is 21.2. The number of piperidine rings is 1. The maximum absolute atomic E-state index is 13.3. The number of hydrogen-bond donors (Lipinski definition) is 0. The lowest BCUT2D eigenvalue weighted by Crippen LogP contribution is -2.55. The van der Waals surface area contributed by atoms with Crippen LogP contribution in [0, 0.1) is 5.92 Å². The van der Waals surface area contributed by atoms with Gasteiger partial charge in [-0.2, -0.15) is 4.31 Å². The molecule has 0 radical (unpaired) electrons. The zero-order valence-electron chi connectivity index (χ0n) is 20.0. The number of rotatable bonds is 6. The number of aromatic nitrogens is 1. The number of ether oxygens (including phenoxy) is 2. The Morgan fingerprint density at radius 3 is 2.37 bits per heavy atom. The van der Waals surface area contributed by atoms with Crippen molar-refractivity contribution in [2.24, 2.45) is 5.92 Å². The van der Waals surface area contributed by atoms with Crippen molar-refractivity contribution in [3.8, 4) is 11.6 Å². The van der Waals surface area contributed by atoms with Crippen LogP contribution < -0.4 is 9.47 Å². The number of hydrogen-bond acceptors (Lipinski definition) is 6. The SMILES string of the molecule is COc1ccc(C2CN(C(=O)N3CCN(S(C)(=O)=O)CC3)CCC2COc2ccc(Cl)cn2)cc1. The standard InChI is InChI=1S/C24H31ClN4O5S/c1-33-21-6-3-18(4-7-21)22-16-28(24(30)27-11-13-29(14-12-27)35(2,31)32)10-9-19(22)17-34-23-8-5-20(25)15-26-23/h3-8,15,19,22H,9-14,16-17H2,1-2H3. The van der Waals surface area contributed by atoms with E-state index in [1.807, 2.05) is 29.2 Å². The predicted octanol–water partition coefficient (Wildman–Crippen LogP) is 2.93. The number of piperazine rings is 1. The second-order valence-corrected chi connectivity index (χ2v) is 11.4. The number of carbonyl (C=O) groups excluding carboxylic acids is 1. The van der Waals surface area contributed by atoms with Crippen molar-refractivity contribution in [3.63, 3.8) is 0 Å². The van der Waals surface area contributed by atoms with Gasteiger partial charge in [0.25, 0.3) is 0 Å². The number of nitrogens with zero attached hydrogens (tertiary/aromatic N) is 4. The molecule has 190 valence electrons. The summed E-state index contributed by atoms with van der Waals surface area (Å²) in [5.74, 6) is 1.56. The van der Waals surface area contributed by atoms with E-state index in [0.717, 1.165) is 17.7 Å². The number of likely N-dealkylation sites (tertiary alicyclic amines) is 1. The highest BCUT2D eigenvalue weighted by Gasteiger charge is 2.36. The largest absolute Gasteiger partial charge is 0.497 e. The Balaban J connectivity index is 1.45. The van der Waals surface area contributed by atoms with Crippen molar-refractivity contribution < 1.29 is 22.7 Å². The van der Waals surface area contributed by atoms with Crippen LogP contribution in [0.4, 0.5) is 4.79 Å². The monoisotopic (exact) mass is 522 g/mol. The smallest absolute Gasteiger partial charge is 0.320 e. The molecule has 4 rings (SSSR count). The molecule has 2 fully saturated rings. The minimum absolute atomic E-state index is 0.0459. The summed E-state index contributed by atoms with van der Waals surface area (Å²) in [6.45, 7) is 3.07. The fraction of sp³-hybridized carbons (Fsp3) is 0.500. The second-order valence-electron chi connectivity index (χ2n) is 8.93. The summed E-state index contributed by atoms with van der Waals surface area (Å²) in [6.07, 6.45) is 3.54. The molecule has 3 heterocycles. The summed E-state index contributed by atoms with van der Waals surface area (Å²) < 4.78 is 36.3. The summed E-state index contributed by atoms with van der Waals surface area (Å²) in [5.41, 5.74) is 1.11. The molecule has 0 aliphatic carbocycles. The first-order valence-corrected chi connectivity index (χ1v) is 13.8. The van der Waals surface area contributed by atoms with Crippen LogP contribution in [0.15, 0.2) is 42.6 Å². The average molecular weight is 523 g/mol. The highest BCUT2D eigenvalue weighted by molar-refractivity contribution is 7.88. The molecule has 0 spiro atoms. The molecule has 2 saturated heterocycles. The van der Waals surface area contributed by atoms with Crippen molar-refractivity contribution in [2.75, 3.05) is 59.2 Å². The summed E-state index contributed by atoms with van der Waals surface area (Å²) in [5, 5.41) is 0.553. The van der Waals surface area contributed by atoms with Crippen LogP contribution >= 0.6 is 11.6 Å². The van der Waals surface area contributed by atoms with Crippen molar-refractivity contribution in [1.29, 1.82) is 0 Å². The first kappa shape index (κ1) is 25.5. The first-order valence-electron chi connectivity index (χ1n) is 11.6. The van der Waals surface area contributed by atoms with Gasteiger partial charge in [-0.25, -0.2) is 18.2 Å². The molecule has 1 aromatic carbocycles. The predicted molar refractivity (Wildman–Crippen MR) is 134 cm³/mol. The van der Waals surface area contributed by atoms with Crippen molar-refractivity contribution in [2.45, 2.75) is 12.3 Å². The van der Waals surface area contributed by atoms with E-state index in [9.17, 15) is 13.2 Å². The highest BCUT2D eigenvalue weighted by atomic mass is 35.5. The zero-order chi connectivity index (χ0) is 25.0. The van der Waals surface area contributed by atoms with Crippen LogP contribution in [0.25, 0.3) is 0 Å². The fourth-order valence-corrected chi connectivity index (χ4v) is 5.59. The Hall–Kier alpha value is -2.56. The van der Waals surface area contributed by atoms with Gasteiger partial charge >= 0.3 is 6.03 Å². The van der Waals surface area contributed by atoms with Crippen LogP contribution in [0.3, 0.4) is 0 Å². The van der Waals surface area contributed by atoms with Gasteiger partial charge in [0.05, 0.1) is 25.0 Å². The molecule has 11 heteroatoms. The molecule has 2 unspecified atom stereocenters. The molecular weight excluding hydrogens is 492 g/mol. The number of benzene rings is 1. The minimum atomic E-state index is -3.24. The topological polar surface area (TPSA) is 92.3 Å². The molecule has 0 bridgehead atoms. The molecule has 2 aromatic rings. The summed E-state index contributed by atoms with van der Waals surface area (Å²) >= 11 is 5.93. The number of amides is 2. The van der Waals surface area contributed by atoms with Crippen molar-refractivity contribution in [3.05, 3.63) is 53.2 Å². The number of pyridine rings is 1. The van der Waals surface area contributed by atoms with Crippen LogP contribution in [-0.4, -0.2) is 92.8 Å². The van der Waals surface area contributed by atoms with E-state index < -0.39 is 10.0 Å². The van der Waals surface area contributed by atoms with Gasteiger partial charge in [0.1, 0.15) is 5.75 Å². The van der Waals surface area contributed by atoms with Gasteiger partial charge < -0.3 is 19.3 Å². The van der Waals surface area contributed by atoms with Crippen LogP contribution in [-0.2, 0) is 10.0 Å². The van der Waals surface area contributed by atoms with E-state index in [1.165, 1.54) is 10.6 Å². The molecule has 0 N–H and O–H groups in total. The van der Waals surface area contributed by atoms with Crippen molar-refractivity contribution in [1.82, 2.24) is 19.1 Å². The third-order valence-electron chi connectivity index (χ3n) is 6.69. The third-order valence-corrected chi connectivity index (χ3v) is 8.22. The lowest BCUT2D eigenvalue weighted by molar-refractivity contribution is 0.0958. The third kappa shape index (κ3) is 6.36. The lowest BCUT2D eigenvalue weighted by Gasteiger charge is -2.42. The zero-order valence-corrected chi connectivity index (χ0v) is 21.5. The number of halogens is 1. The van der Waals surface area contributed by atoms with Gasteiger partial charge in [0.15, 0.2) is 0 Å². The van der Waals surface area contributed by atoms with Crippen LogP contribution in [0.5, 0.6) is 11.6 Å². The van der Waals surface area contributed by atoms with Gasteiger partial charge in [0.2, 0.25) is 15.9 Å². The van der Waals surface area contributed by atoms with Gasteiger partial charge in [-0.05, 0) is 30.2 Å². The second kappa shape index (κ2) is 11.0. The Labute approximate surface area is 211 Å². The van der Waals surface area contributed by atoms with E-state index in [0.29, 0.717) is 56.8 Å². The number of methoxy groups -OCH3 is 1. The van der Waals surface area contributed by atoms with E-state index in [-0.39, 0.29) is 17.9 Å². The van der Waals surface area contributed by atoms with E-state index in [1.54, 1.807) is 30.3 Å².